The van der Waals surface area contributed by atoms with Crippen molar-refractivity contribution in [2.24, 2.45) is 0 Å². The highest BCUT2D eigenvalue weighted by Gasteiger charge is 2.16. The predicted molar refractivity (Wildman–Crippen MR) is 77.1 cm³/mol. The standard InChI is InChI=1S/C16H15ClO2/c1-11-6-8-13(9-7-11)16(18)12(2)19-15-5-3-4-14(17)10-15/h3-10,12H,1-2H3. The summed E-state index contributed by atoms with van der Waals surface area (Å²) in [6, 6.07) is 14.5. The van der Waals surface area contributed by atoms with Crippen LogP contribution < -0.4 is 4.74 Å². The van der Waals surface area contributed by atoms with Gasteiger partial charge in [0.15, 0.2) is 6.10 Å². The van der Waals surface area contributed by atoms with Gasteiger partial charge in [0.05, 0.1) is 0 Å². The van der Waals surface area contributed by atoms with Crippen molar-refractivity contribution in [2.45, 2.75) is 20.0 Å². The molecule has 0 aliphatic rings. The first-order valence-corrected chi connectivity index (χ1v) is 6.47. The molecule has 0 saturated carbocycles. The van der Waals surface area contributed by atoms with Crippen LogP contribution in [0.2, 0.25) is 5.02 Å². The molecule has 0 saturated heterocycles. The van der Waals surface area contributed by atoms with Gasteiger partial charge in [0.1, 0.15) is 5.75 Å². The number of halogens is 1. The van der Waals surface area contributed by atoms with Crippen molar-refractivity contribution < 1.29 is 9.53 Å². The van der Waals surface area contributed by atoms with E-state index >= 15 is 0 Å². The molecule has 2 rings (SSSR count). The maximum atomic E-state index is 12.2. The van der Waals surface area contributed by atoms with Gasteiger partial charge in [-0.2, -0.15) is 0 Å². The van der Waals surface area contributed by atoms with Crippen molar-refractivity contribution in [3.63, 3.8) is 0 Å². The Bertz CT molecular complexity index is 576. The first kappa shape index (κ1) is 13.6. The Morgan fingerprint density at radius 3 is 2.47 bits per heavy atom. The lowest BCUT2D eigenvalue weighted by Crippen LogP contribution is -2.23. The predicted octanol–water partition coefficient (Wildman–Crippen LogP) is 4.30. The molecule has 0 aliphatic carbocycles. The van der Waals surface area contributed by atoms with Crippen LogP contribution >= 0.6 is 11.6 Å². The number of hydrogen-bond acceptors (Lipinski definition) is 2. The summed E-state index contributed by atoms with van der Waals surface area (Å²) in [6.07, 6.45) is -0.541. The molecule has 0 amide bonds. The summed E-state index contributed by atoms with van der Waals surface area (Å²) in [5.41, 5.74) is 1.78. The molecule has 19 heavy (non-hydrogen) atoms. The molecule has 0 N–H and O–H groups in total. The van der Waals surface area contributed by atoms with E-state index in [2.05, 4.69) is 0 Å². The van der Waals surface area contributed by atoms with Gasteiger partial charge in [0.25, 0.3) is 0 Å². The molecule has 2 nitrogen and oxygen atoms in total. The molecule has 0 radical (unpaired) electrons. The Morgan fingerprint density at radius 1 is 1.16 bits per heavy atom. The molecule has 0 aliphatic heterocycles. The smallest absolute Gasteiger partial charge is 0.202 e. The third-order valence-electron chi connectivity index (χ3n) is 2.81. The molecule has 2 aromatic rings. The van der Waals surface area contributed by atoms with Crippen molar-refractivity contribution in [2.75, 3.05) is 0 Å². The zero-order valence-corrected chi connectivity index (χ0v) is 11.6. The molecule has 0 spiro atoms. The summed E-state index contributed by atoms with van der Waals surface area (Å²) in [5.74, 6) is 0.556. The fraction of sp³-hybridized carbons (Fsp3) is 0.188. The van der Waals surface area contributed by atoms with Crippen LogP contribution in [0.1, 0.15) is 22.8 Å². The van der Waals surface area contributed by atoms with Crippen LogP contribution in [0.3, 0.4) is 0 Å². The molecule has 98 valence electrons. The largest absolute Gasteiger partial charge is 0.483 e. The fourth-order valence-electron chi connectivity index (χ4n) is 1.75. The summed E-state index contributed by atoms with van der Waals surface area (Å²) in [5, 5.41) is 0.590. The highest BCUT2D eigenvalue weighted by atomic mass is 35.5. The number of carbonyl (C=O) groups is 1. The number of hydrogen-bond donors (Lipinski definition) is 0. The van der Waals surface area contributed by atoms with Gasteiger partial charge in [-0.1, -0.05) is 47.5 Å². The van der Waals surface area contributed by atoms with E-state index in [4.69, 9.17) is 16.3 Å². The highest BCUT2D eigenvalue weighted by molar-refractivity contribution is 6.30. The second-order valence-electron chi connectivity index (χ2n) is 4.45. The Morgan fingerprint density at radius 2 is 1.84 bits per heavy atom. The average molecular weight is 275 g/mol. The minimum atomic E-state index is -0.541. The van der Waals surface area contributed by atoms with Crippen LogP contribution in [0.15, 0.2) is 48.5 Å². The molecule has 0 fully saturated rings. The van der Waals surface area contributed by atoms with E-state index in [0.29, 0.717) is 16.3 Å². The molecule has 3 heteroatoms. The Kier molecular flexibility index (Phi) is 4.23. The number of aryl methyl sites for hydroxylation is 1. The quantitative estimate of drug-likeness (QED) is 0.777. The number of ketones is 1. The number of ether oxygens (including phenoxy) is 1. The van der Waals surface area contributed by atoms with E-state index < -0.39 is 6.10 Å². The van der Waals surface area contributed by atoms with Gasteiger partial charge in [-0.25, -0.2) is 0 Å². The minimum absolute atomic E-state index is 0.0417. The first-order chi connectivity index (χ1) is 9.06. The van der Waals surface area contributed by atoms with Gasteiger partial charge in [0, 0.05) is 10.6 Å². The monoisotopic (exact) mass is 274 g/mol. The van der Waals surface area contributed by atoms with Gasteiger partial charge in [-0.05, 0) is 32.0 Å². The molecule has 0 heterocycles. The van der Waals surface area contributed by atoms with E-state index in [1.165, 1.54) is 0 Å². The normalized spacial score (nSPS) is 11.9. The summed E-state index contributed by atoms with van der Waals surface area (Å²) in [4.78, 5) is 12.2. The number of carbonyl (C=O) groups excluding carboxylic acids is 1. The lowest BCUT2D eigenvalue weighted by molar-refractivity contribution is 0.0818. The molecule has 2 aromatic carbocycles. The maximum absolute atomic E-state index is 12.2. The highest BCUT2D eigenvalue weighted by Crippen LogP contribution is 2.19. The molecular weight excluding hydrogens is 260 g/mol. The Labute approximate surface area is 118 Å². The van der Waals surface area contributed by atoms with Gasteiger partial charge in [-0.15, -0.1) is 0 Å². The van der Waals surface area contributed by atoms with Crippen LogP contribution in [-0.2, 0) is 0 Å². The zero-order chi connectivity index (χ0) is 13.8. The van der Waals surface area contributed by atoms with E-state index in [1.807, 2.05) is 31.2 Å². The van der Waals surface area contributed by atoms with Gasteiger partial charge in [-0.3, -0.25) is 4.79 Å². The lowest BCUT2D eigenvalue weighted by Gasteiger charge is -2.14. The van der Waals surface area contributed by atoms with Crippen molar-refractivity contribution in [3.8, 4) is 5.75 Å². The van der Waals surface area contributed by atoms with Crippen LogP contribution in [0, 0.1) is 6.92 Å². The van der Waals surface area contributed by atoms with E-state index in [1.54, 1.807) is 31.2 Å². The molecular formula is C16H15ClO2. The number of Topliss-reactive ketones (excluding diaryl/α,β-unsaturated/α-hetero) is 1. The maximum Gasteiger partial charge on any atom is 0.202 e. The van der Waals surface area contributed by atoms with Crippen LogP contribution in [-0.4, -0.2) is 11.9 Å². The fourth-order valence-corrected chi connectivity index (χ4v) is 1.93. The molecule has 0 aromatic heterocycles. The van der Waals surface area contributed by atoms with Crippen molar-refractivity contribution >= 4 is 17.4 Å². The topological polar surface area (TPSA) is 26.3 Å². The van der Waals surface area contributed by atoms with Crippen molar-refractivity contribution in [3.05, 3.63) is 64.7 Å². The average Bonchev–Trinajstić information content (AvgIpc) is 2.39. The Hall–Kier alpha value is -1.80. The Balaban J connectivity index is 2.09. The van der Waals surface area contributed by atoms with E-state index in [0.717, 1.165) is 5.56 Å². The van der Waals surface area contributed by atoms with Gasteiger partial charge < -0.3 is 4.74 Å². The molecule has 1 atom stereocenters. The summed E-state index contributed by atoms with van der Waals surface area (Å²) in [6.45, 7) is 3.73. The summed E-state index contributed by atoms with van der Waals surface area (Å²) >= 11 is 5.88. The third kappa shape index (κ3) is 3.58. The zero-order valence-electron chi connectivity index (χ0n) is 10.9. The SMILES string of the molecule is Cc1ccc(C(=O)C(C)Oc2cccc(Cl)c2)cc1. The van der Waals surface area contributed by atoms with Crippen molar-refractivity contribution in [1.82, 2.24) is 0 Å². The van der Waals surface area contributed by atoms with Crippen LogP contribution in [0.5, 0.6) is 5.75 Å². The summed E-state index contributed by atoms with van der Waals surface area (Å²) < 4.78 is 5.61. The van der Waals surface area contributed by atoms with E-state index in [-0.39, 0.29) is 5.78 Å². The lowest BCUT2D eigenvalue weighted by atomic mass is 10.1. The van der Waals surface area contributed by atoms with Crippen LogP contribution in [0.4, 0.5) is 0 Å². The number of benzene rings is 2. The molecule has 1 unspecified atom stereocenters. The van der Waals surface area contributed by atoms with Crippen molar-refractivity contribution in [1.29, 1.82) is 0 Å². The first-order valence-electron chi connectivity index (χ1n) is 6.09. The van der Waals surface area contributed by atoms with E-state index in [9.17, 15) is 4.79 Å². The van der Waals surface area contributed by atoms with Crippen LogP contribution in [0.25, 0.3) is 0 Å². The number of rotatable bonds is 4. The molecule has 0 bridgehead atoms. The second-order valence-corrected chi connectivity index (χ2v) is 4.88. The summed E-state index contributed by atoms with van der Waals surface area (Å²) in [7, 11) is 0. The second kappa shape index (κ2) is 5.89. The minimum Gasteiger partial charge on any atom is -0.483 e. The van der Waals surface area contributed by atoms with Gasteiger partial charge >= 0.3 is 0 Å². The third-order valence-corrected chi connectivity index (χ3v) is 3.05. The van der Waals surface area contributed by atoms with Gasteiger partial charge in [0.2, 0.25) is 5.78 Å².